The Morgan fingerprint density at radius 3 is 2.41 bits per heavy atom. The van der Waals surface area contributed by atoms with Crippen LogP contribution >= 0.6 is 0 Å². The van der Waals surface area contributed by atoms with Crippen molar-refractivity contribution in [2.75, 3.05) is 32.1 Å². The number of likely N-dealkylation sites (tertiary alicyclic amines) is 1. The first-order chi connectivity index (χ1) is 13.1. The molecule has 0 bridgehead atoms. The van der Waals surface area contributed by atoms with Gasteiger partial charge in [0.1, 0.15) is 0 Å². The zero-order valence-electron chi connectivity index (χ0n) is 17.3. The molecule has 1 atom stereocenters. The highest BCUT2D eigenvalue weighted by molar-refractivity contribution is 5.76. The zero-order valence-corrected chi connectivity index (χ0v) is 17.3. The van der Waals surface area contributed by atoms with Crippen LogP contribution in [0.3, 0.4) is 0 Å². The molecule has 1 saturated carbocycles. The van der Waals surface area contributed by atoms with E-state index in [-0.39, 0.29) is 5.91 Å². The van der Waals surface area contributed by atoms with Crippen LogP contribution in [0.1, 0.15) is 63.4 Å². The smallest absolute Gasteiger partial charge is 0.220 e. The van der Waals surface area contributed by atoms with Gasteiger partial charge in [0.2, 0.25) is 5.91 Å². The number of hydrogen-bond donors (Lipinski definition) is 1. The Morgan fingerprint density at radius 1 is 1.04 bits per heavy atom. The molecule has 2 aliphatic rings. The van der Waals surface area contributed by atoms with Crippen molar-refractivity contribution in [3.8, 4) is 0 Å². The molecule has 0 radical (unpaired) electrons. The highest BCUT2D eigenvalue weighted by Gasteiger charge is 2.27. The average Bonchev–Trinajstić information content (AvgIpc) is 2.96. The lowest BCUT2D eigenvalue weighted by Crippen LogP contribution is -2.50. The third-order valence-electron chi connectivity index (χ3n) is 6.25. The quantitative estimate of drug-likeness (QED) is 0.768. The van der Waals surface area contributed by atoms with E-state index in [0.29, 0.717) is 12.5 Å². The van der Waals surface area contributed by atoms with Gasteiger partial charge >= 0.3 is 0 Å². The van der Waals surface area contributed by atoms with Gasteiger partial charge in [-0.1, -0.05) is 37.8 Å². The molecule has 1 amide bonds. The Labute approximate surface area is 165 Å². The highest BCUT2D eigenvalue weighted by atomic mass is 16.1. The minimum atomic E-state index is 0.208. The maximum atomic E-state index is 12.5. The molecule has 0 unspecified atom stereocenters. The van der Waals surface area contributed by atoms with Crippen molar-refractivity contribution >= 4 is 11.6 Å². The predicted octanol–water partition coefficient (Wildman–Crippen LogP) is 3.99. The van der Waals surface area contributed by atoms with Gasteiger partial charge in [0.15, 0.2) is 0 Å². The fourth-order valence-corrected chi connectivity index (χ4v) is 4.60. The van der Waals surface area contributed by atoms with Gasteiger partial charge in [-0.05, 0) is 56.3 Å². The summed E-state index contributed by atoms with van der Waals surface area (Å²) in [6, 6.07) is 9.61. The zero-order chi connectivity index (χ0) is 19.1. The third-order valence-corrected chi connectivity index (χ3v) is 6.25. The van der Waals surface area contributed by atoms with Crippen molar-refractivity contribution in [1.82, 2.24) is 10.2 Å². The number of nitrogens with zero attached hydrogens (tertiary/aromatic N) is 2. The highest BCUT2D eigenvalue weighted by Crippen LogP contribution is 2.24. The van der Waals surface area contributed by atoms with Gasteiger partial charge in [-0.3, -0.25) is 9.69 Å². The van der Waals surface area contributed by atoms with Crippen LogP contribution in [-0.4, -0.2) is 50.1 Å². The van der Waals surface area contributed by atoms with Gasteiger partial charge in [-0.2, -0.15) is 0 Å². The molecule has 1 aliphatic carbocycles. The Balaban J connectivity index is 1.43. The number of nitrogens with one attached hydrogen (secondary N) is 1. The molecule has 0 aromatic heterocycles. The summed E-state index contributed by atoms with van der Waals surface area (Å²) in [5.41, 5.74) is 2.43. The predicted molar refractivity (Wildman–Crippen MR) is 113 cm³/mol. The van der Waals surface area contributed by atoms with Crippen molar-refractivity contribution in [2.24, 2.45) is 0 Å². The number of hydrogen-bond acceptors (Lipinski definition) is 3. The molecule has 4 heteroatoms. The van der Waals surface area contributed by atoms with E-state index < -0.39 is 0 Å². The van der Waals surface area contributed by atoms with Crippen LogP contribution in [0, 0.1) is 0 Å². The largest absolute Gasteiger partial charge is 0.378 e. The molecule has 150 valence electrons. The van der Waals surface area contributed by atoms with Crippen LogP contribution in [0.2, 0.25) is 0 Å². The summed E-state index contributed by atoms with van der Waals surface area (Å²) in [4.78, 5) is 17.2. The van der Waals surface area contributed by atoms with E-state index in [4.69, 9.17) is 0 Å². The molecule has 1 heterocycles. The maximum Gasteiger partial charge on any atom is 0.220 e. The molecule has 1 aliphatic heterocycles. The van der Waals surface area contributed by atoms with Crippen LogP contribution in [0.4, 0.5) is 5.69 Å². The summed E-state index contributed by atoms with van der Waals surface area (Å²) in [6.45, 7) is 2.27. The molecular weight excluding hydrogens is 334 g/mol. The topological polar surface area (TPSA) is 35.6 Å². The second kappa shape index (κ2) is 10.1. The monoisotopic (exact) mass is 371 g/mol. The van der Waals surface area contributed by atoms with Gasteiger partial charge in [0.25, 0.3) is 0 Å². The fraction of sp³-hybridized carbons (Fsp3) is 0.696. The number of rotatable bonds is 6. The van der Waals surface area contributed by atoms with Crippen molar-refractivity contribution in [3.05, 3.63) is 29.8 Å². The fourth-order valence-electron chi connectivity index (χ4n) is 4.60. The van der Waals surface area contributed by atoms with Crippen LogP contribution in [0.15, 0.2) is 24.3 Å². The van der Waals surface area contributed by atoms with Gasteiger partial charge in [0.05, 0.1) is 0 Å². The lowest BCUT2D eigenvalue weighted by Gasteiger charge is -2.38. The Hall–Kier alpha value is -1.55. The lowest BCUT2D eigenvalue weighted by atomic mass is 9.99. The standard InChI is InChI=1S/C23H37N3O/c1-25(2)21-14-11-19(12-15-21)13-16-23(27)24-20-8-7-17-26(18-20)22-9-5-3-4-6-10-22/h11-12,14-15,20,22H,3-10,13,16-18H2,1-2H3,(H,24,27)/t20-/m0/s1. The Kier molecular flexibility index (Phi) is 7.57. The third kappa shape index (κ3) is 6.24. The van der Waals surface area contributed by atoms with E-state index in [1.807, 2.05) is 14.1 Å². The summed E-state index contributed by atoms with van der Waals surface area (Å²) in [7, 11) is 4.09. The van der Waals surface area contributed by atoms with E-state index in [2.05, 4.69) is 39.4 Å². The van der Waals surface area contributed by atoms with Gasteiger partial charge in [-0.15, -0.1) is 0 Å². The van der Waals surface area contributed by atoms with Gasteiger partial charge in [0, 0.05) is 44.8 Å². The Bertz CT molecular complexity index is 576. The SMILES string of the molecule is CN(C)c1ccc(CCC(=O)N[C@H]2CCCN(C3CCCCCC3)C2)cc1. The minimum absolute atomic E-state index is 0.208. The minimum Gasteiger partial charge on any atom is -0.378 e. The summed E-state index contributed by atoms with van der Waals surface area (Å²) in [5.74, 6) is 0.208. The maximum absolute atomic E-state index is 12.5. The average molecular weight is 372 g/mol. The second-order valence-electron chi connectivity index (χ2n) is 8.61. The summed E-state index contributed by atoms with van der Waals surface area (Å²) in [5, 5.41) is 3.31. The summed E-state index contributed by atoms with van der Waals surface area (Å²) < 4.78 is 0. The second-order valence-corrected chi connectivity index (χ2v) is 8.61. The first-order valence-corrected chi connectivity index (χ1v) is 10.9. The summed E-state index contributed by atoms with van der Waals surface area (Å²) in [6.07, 6.45) is 12.0. The van der Waals surface area contributed by atoms with Crippen LogP contribution < -0.4 is 10.2 Å². The number of piperidine rings is 1. The van der Waals surface area contributed by atoms with E-state index >= 15 is 0 Å². The van der Waals surface area contributed by atoms with Crippen LogP contribution in [0.5, 0.6) is 0 Å². The van der Waals surface area contributed by atoms with E-state index in [9.17, 15) is 4.79 Å². The van der Waals surface area contributed by atoms with E-state index in [1.54, 1.807) is 0 Å². The number of benzene rings is 1. The number of aryl methyl sites for hydroxylation is 1. The van der Waals surface area contributed by atoms with Crippen LogP contribution in [0.25, 0.3) is 0 Å². The number of carbonyl (C=O) groups excluding carboxylic acids is 1. The molecule has 0 spiro atoms. The molecule has 1 N–H and O–H groups in total. The molecule has 1 aromatic carbocycles. The van der Waals surface area contributed by atoms with Crippen molar-refractivity contribution in [3.63, 3.8) is 0 Å². The molecule has 1 aromatic rings. The molecule has 27 heavy (non-hydrogen) atoms. The van der Waals surface area contributed by atoms with Crippen molar-refractivity contribution < 1.29 is 4.79 Å². The first kappa shape index (κ1) is 20.2. The summed E-state index contributed by atoms with van der Waals surface area (Å²) >= 11 is 0. The number of amides is 1. The molecule has 3 rings (SSSR count). The normalized spacial score (nSPS) is 22.2. The molecular formula is C23H37N3O. The Morgan fingerprint density at radius 2 is 1.74 bits per heavy atom. The number of carbonyl (C=O) groups is 1. The number of anilines is 1. The van der Waals surface area contributed by atoms with E-state index in [1.165, 1.54) is 62.7 Å². The molecule has 4 nitrogen and oxygen atoms in total. The van der Waals surface area contributed by atoms with Crippen molar-refractivity contribution in [2.45, 2.75) is 76.3 Å². The van der Waals surface area contributed by atoms with Gasteiger partial charge < -0.3 is 10.2 Å². The first-order valence-electron chi connectivity index (χ1n) is 10.9. The molecule has 1 saturated heterocycles. The van der Waals surface area contributed by atoms with E-state index in [0.717, 1.165) is 25.4 Å². The van der Waals surface area contributed by atoms with Crippen LogP contribution in [-0.2, 0) is 11.2 Å². The lowest BCUT2D eigenvalue weighted by molar-refractivity contribution is -0.122. The molecule has 2 fully saturated rings. The van der Waals surface area contributed by atoms with Gasteiger partial charge in [-0.25, -0.2) is 0 Å². The van der Waals surface area contributed by atoms with Crippen molar-refractivity contribution in [1.29, 1.82) is 0 Å².